The number of benzene rings is 3. The number of rotatable bonds is 13. The number of aromatic nitrogens is 1. The van der Waals surface area contributed by atoms with E-state index in [0.29, 0.717) is 60.9 Å². The van der Waals surface area contributed by atoms with Gasteiger partial charge in [-0.15, -0.1) is 0 Å². The van der Waals surface area contributed by atoms with E-state index in [4.69, 9.17) is 37.4 Å². The van der Waals surface area contributed by atoms with E-state index in [1.165, 1.54) is 5.56 Å². The van der Waals surface area contributed by atoms with E-state index in [2.05, 4.69) is 39.9 Å². The zero-order valence-electron chi connectivity index (χ0n) is 28.5. The number of nitrogens with one attached hydrogen (secondary N) is 2. The molecule has 4 aromatic rings. The lowest BCUT2D eigenvalue weighted by Gasteiger charge is -2.36. The zero-order chi connectivity index (χ0) is 35.6. The highest BCUT2D eigenvalue weighted by Gasteiger charge is 2.34. The molecule has 12 heteroatoms. The molecule has 10 nitrogen and oxygen atoms in total. The van der Waals surface area contributed by atoms with Crippen molar-refractivity contribution in [3.8, 4) is 39.8 Å². The molecule has 0 unspecified atom stereocenters. The number of carbonyl (C=O) groups excluding carboxylic acids is 1. The fraction of sp³-hybridized carbons (Fsp3) is 0.359. The quantitative estimate of drug-likeness (QED) is 0.138. The van der Waals surface area contributed by atoms with Crippen molar-refractivity contribution in [2.45, 2.75) is 50.9 Å². The fourth-order valence-electron chi connectivity index (χ4n) is 7.32. The van der Waals surface area contributed by atoms with Gasteiger partial charge in [0, 0.05) is 67.4 Å². The molecular weight excluding hydrogens is 691 g/mol. The maximum Gasteiger partial charge on any atom is 0.309 e. The summed E-state index contributed by atoms with van der Waals surface area (Å²) >= 11 is 13.9. The number of carboxylic acids is 1. The lowest BCUT2D eigenvalue weighted by molar-refractivity contribution is -0.147. The lowest BCUT2D eigenvalue weighted by atomic mass is 9.93. The minimum absolute atomic E-state index is 0.111. The number of fused-ring (bicyclic) bond motifs is 1. The summed E-state index contributed by atoms with van der Waals surface area (Å²) in [5.74, 6) is 0.447. The number of likely N-dealkylation sites (tertiary alicyclic amines) is 1. The van der Waals surface area contributed by atoms with Crippen molar-refractivity contribution in [2.75, 3.05) is 33.9 Å². The van der Waals surface area contributed by atoms with Gasteiger partial charge in [-0.25, -0.2) is 0 Å². The van der Waals surface area contributed by atoms with Crippen molar-refractivity contribution in [1.82, 2.24) is 20.5 Å². The van der Waals surface area contributed by atoms with Crippen LogP contribution in [-0.2, 0) is 29.1 Å². The number of hydrogen-bond acceptors (Lipinski definition) is 8. The van der Waals surface area contributed by atoms with Gasteiger partial charge < -0.3 is 30.0 Å². The van der Waals surface area contributed by atoms with Gasteiger partial charge in [0.2, 0.25) is 17.7 Å². The first-order chi connectivity index (χ1) is 24.7. The van der Waals surface area contributed by atoms with Crippen molar-refractivity contribution in [1.29, 1.82) is 0 Å². The van der Waals surface area contributed by atoms with Crippen molar-refractivity contribution in [3.63, 3.8) is 0 Å². The van der Waals surface area contributed by atoms with Crippen LogP contribution in [0.1, 0.15) is 47.6 Å². The Balaban J connectivity index is 1.08. The van der Waals surface area contributed by atoms with Crippen LogP contribution in [0.25, 0.3) is 22.3 Å². The number of pyridine rings is 1. The second-order valence-electron chi connectivity index (χ2n) is 13.3. The monoisotopic (exact) mass is 730 g/mol. The summed E-state index contributed by atoms with van der Waals surface area (Å²) in [5, 5.41) is 16.7. The summed E-state index contributed by atoms with van der Waals surface area (Å²) in [6.07, 6.45) is 2.72. The molecule has 3 heterocycles. The molecule has 1 aliphatic carbocycles. The minimum Gasteiger partial charge on any atom is -0.496 e. The van der Waals surface area contributed by atoms with Crippen LogP contribution in [0.15, 0.2) is 60.7 Å². The summed E-state index contributed by atoms with van der Waals surface area (Å²) < 4.78 is 17.8. The second kappa shape index (κ2) is 15.1. The number of nitrogens with zero attached hydrogens (tertiary/aromatic N) is 2. The number of amides is 1. The van der Waals surface area contributed by atoms with Crippen LogP contribution in [-0.4, -0.2) is 66.8 Å². The largest absolute Gasteiger partial charge is 0.496 e. The van der Waals surface area contributed by atoms with Gasteiger partial charge in [0.25, 0.3) is 0 Å². The molecule has 0 radical (unpaired) electrons. The fourth-order valence-corrected chi connectivity index (χ4v) is 7.88. The number of hydrogen-bond donors (Lipinski definition) is 3. The predicted octanol–water partition coefficient (Wildman–Crippen LogP) is 6.69. The number of ether oxygens (including phenoxy) is 3. The summed E-state index contributed by atoms with van der Waals surface area (Å²) in [7, 11) is 3.22. The van der Waals surface area contributed by atoms with E-state index in [9.17, 15) is 14.7 Å². The first-order valence-electron chi connectivity index (χ1n) is 17.2. The van der Waals surface area contributed by atoms with Gasteiger partial charge >= 0.3 is 5.97 Å². The Morgan fingerprint density at radius 2 is 1.75 bits per heavy atom. The van der Waals surface area contributed by atoms with E-state index in [1.807, 2.05) is 35.2 Å². The van der Waals surface area contributed by atoms with Gasteiger partial charge in [-0.2, -0.15) is 4.98 Å². The molecule has 3 aromatic carbocycles. The smallest absolute Gasteiger partial charge is 0.309 e. The van der Waals surface area contributed by atoms with Gasteiger partial charge in [0.15, 0.2) is 0 Å². The summed E-state index contributed by atoms with van der Waals surface area (Å²) in [5.41, 5.74) is 7.89. The maximum atomic E-state index is 11.5. The number of carboxylic acid groups (broad SMARTS) is 1. The van der Waals surface area contributed by atoms with Crippen LogP contribution in [0.5, 0.6) is 17.5 Å². The highest BCUT2D eigenvalue weighted by Crippen LogP contribution is 2.45. The van der Waals surface area contributed by atoms with E-state index in [1.54, 1.807) is 20.3 Å². The molecule has 1 aromatic heterocycles. The average Bonchev–Trinajstić information content (AvgIpc) is 3.72. The highest BCUT2D eigenvalue weighted by atomic mass is 35.5. The lowest BCUT2D eigenvalue weighted by Crippen LogP contribution is -2.49. The molecule has 2 fully saturated rings. The van der Waals surface area contributed by atoms with E-state index >= 15 is 0 Å². The number of aliphatic carboxylic acids is 1. The summed E-state index contributed by atoms with van der Waals surface area (Å²) in [4.78, 5) is 29.4. The van der Waals surface area contributed by atoms with Crippen LogP contribution in [0.3, 0.4) is 0 Å². The Labute approximate surface area is 307 Å². The Morgan fingerprint density at radius 3 is 2.49 bits per heavy atom. The maximum absolute atomic E-state index is 11.5. The molecule has 0 spiro atoms. The topological polar surface area (TPSA) is 122 Å². The van der Waals surface area contributed by atoms with Crippen molar-refractivity contribution in [3.05, 3.63) is 93.0 Å². The van der Waals surface area contributed by atoms with Crippen LogP contribution >= 0.6 is 23.2 Å². The van der Waals surface area contributed by atoms with E-state index in [0.717, 1.165) is 64.0 Å². The highest BCUT2D eigenvalue weighted by molar-refractivity contribution is 6.36. The van der Waals surface area contributed by atoms with Crippen LogP contribution in [0.4, 0.5) is 0 Å². The Bertz CT molecular complexity index is 1970. The standard InChI is InChI=1S/C39H40Cl2N4O6/c1-49-34-16-22(9-10-23(34)17-42-18-26-11-14-35(46)43-26)27-5-3-8-31(36(27)41)28-6-4-7-30-29(28)12-13-33(30)51-38-32(40)15-24(37(44-38)50-2)19-45-20-25(21-45)39(47)48/h3-10,15-16,25-26,33,42H,11-14,17-21H2,1-2H3,(H,43,46)(H,47,48)/t26-,33-/m0/s1. The Morgan fingerprint density at radius 1 is 0.961 bits per heavy atom. The van der Waals surface area contributed by atoms with Crippen molar-refractivity contribution >= 4 is 35.1 Å². The molecule has 0 saturated carbocycles. The molecule has 1 amide bonds. The normalized spacial score (nSPS) is 18.6. The molecule has 2 aliphatic heterocycles. The Kier molecular flexibility index (Phi) is 10.4. The van der Waals surface area contributed by atoms with Gasteiger partial charge in [-0.1, -0.05) is 71.7 Å². The summed E-state index contributed by atoms with van der Waals surface area (Å²) in [6.45, 7) is 2.77. The first kappa shape index (κ1) is 35.1. The second-order valence-corrected chi connectivity index (χ2v) is 14.1. The number of methoxy groups -OCH3 is 2. The molecule has 0 bridgehead atoms. The van der Waals surface area contributed by atoms with E-state index in [-0.39, 0.29) is 24.0 Å². The average molecular weight is 732 g/mol. The summed E-state index contributed by atoms with van der Waals surface area (Å²) in [6, 6.07) is 20.4. The van der Waals surface area contributed by atoms with E-state index < -0.39 is 5.97 Å². The third-order valence-electron chi connectivity index (χ3n) is 10.0. The molecule has 2 atom stereocenters. The molecule has 3 aliphatic rings. The van der Waals surface area contributed by atoms with Crippen LogP contribution in [0.2, 0.25) is 10.0 Å². The molecular formula is C39H40Cl2N4O6. The van der Waals surface area contributed by atoms with Gasteiger partial charge in [-0.3, -0.25) is 14.5 Å². The molecule has 7 rings (SSSR count). The third kappa shape index (κ3) is 7.37. The van der Waals surface area contributed by atoms with Gasteiger partial charge in [0.1, 0.15) is 16.9 Å². The van der Waals surface area contributed by atoms with Crippen LogP contribution < -0.4 is 24.8 Å². The molecule has 266 valence electrons. The number of halogens is 2. The van der Waals surface area contributed by atoms with Crippen molar-refractivity contribution in [2.24, 2.45) is 5.92 Å². The van der Waals surface area contributed by atoms with Crippen molar-refractivity contribution < 1.29 is 28.9 Å². The molecule has 3 N–H and O–H groups in total. The Hall–Kier alpha value is -4.35. The predicted molar refractivity (Wildman–Crippen MR) is 196 cm³/mol. The SMILES string of the molecule is COc1cc(-c2cccc(-c3cccc4c3CC[C@@H]4Oc3nc(OC)c(CN4CC(C(=O)O)C4)cc3Cl)c2Cl)ccc1CNC[C@@H]1CCC(=O)N1. The molecule has 51 heavy (non-hydrogen) atoms. The molecule has 2 saturated heterocycles. The number of carbonyl (C=O) groups is 2. The van der Waals surface area contributed by atoms with Crippen LogP contribution in [0, 0.1) is 5.92 Å². The van der Waals surface area contributed by atoms with Gasteiger partial charge in [0.05, 0.1) is 25.2 Å². The first-order valence-corrected chi connectivity index (χ1v) is 17.9. The minimum atomic E-state index is -0.780. The van der Waals surface area contributed by atoms with Gasteiger partial charge in [-0.05, 0) is 53.6 Å². The third-order valence-corrected chi connectivity index (χ3v) is 10.7. The zero-order valence-corrected chi connectivity index (χ0v) is 30.0.